The molecule has 0 aromatic carbocycles. The maximum Gasteiger partial charge on any atom is 0.191 e. The quantitative estimate of drug-likeness (QED) is 0.394. The van der Waals surface area contributed by atoms with E-state index in [-0.39, 0.29) is 0 Å². The van der Waals surface area contributed by atoms with Crippen molar-refractivity contribution in [3.63, 3.8) is 0 Å². The average Bonchev–Trinajstić information content (AvgIpc) is 3.21. The molecule has 0 aliphatic heterocycles. The molecule has 138 valence electrons. The van der Waals surface area contributed by atoms with Crippen LogP contribution in [0.2, 0.25) is 0 Å². The first kappa shape index (κ1) is 19.1. The number of hydrogen-bond acceptors (Lipinski definition) is 3. The zero-order valence-corrected chi connectivity index (χ0v) is 15.7. The number of unbranched alkanes of at least 4 members (excludes halogenated alkanes) is 1. The molecule has 0 aliphatic rings. The molecule has 0 radical (unpaired) electrons. The van der Waals surface area contributed by atoms with E-state index in [1.807, 2.05) is 19.1 Å². The summed E-state index contributed by atoms with van der Waals surface area (Å²) in [7, 11) is 0. The highest BCUT2D eigenvalue weighted by Crippen LogP contribution is 2.03. The summed E-state index contributed by atoms with van der Waals surface area (Å²) in [6, 6.07) is 6.03. The van der Waals surface area contributed by atoms with E-state index >= 15 is 0 Å². The van der Waals surface area contributed by atoms with Crippen molar-refractivity contribution >= 4 is 5.96 Å². The molecule has 2 aromatic heterocycles. The first-order valence-electron chi connectivity index (χ1n) is 9.24. The second kappa shape index (κ2) is 10.6. The van der Waals surface area contributed by atoms with Crippen molar-refractivity contribution < 1.29 is 4.42 Å². The summed E-state index contributed by atoms with van der Waals surface area (Å²) in [6.07, 6.45) is 5.85. The number of aryl methyl sites for hydroxylation is 3. The fourth-order valence-corrected chi connectivity index (χ4v) is 2.63. The highest BCUT2D eigenvalue weighted by Gasteiger charge is 2.02. The van der Waals surface area contributed by atoms with E-state index in [4.69, 9.17) is 4.42 Å². The molecule has 0 saturated carbocycles. The van der Waals surface area contributed by atoms with E-state index in [1.54, 1.807) is 6.26 Å². The van der Waals surface area contributed by atoms with E-state index in [2.05, 4.69) is 45.3 Å². The van der Waals surface area contributed by atoms with E-state index in [1.165, 1.54) is 12.1 Å². The summed E-state index contributed by atoms with van der Waals surface area (Å²) in [5.74, 6) is 1.87. The second-order valence-electron chi connectivity index (χ2n) is 6.27. The third kappa shape index (κ3) is 7.03. The number of nitrogens with one attached hydrogen (secondary N) is 2. The Morgan fingerprint density at radius 3 is 2.76 bits per heavy atom. The fraction of sp³-hybridized carbons (Fsp3) is 0.579. The van der Waals surface area contributed by atoms with Crippen LogP contribution in [0, 0.1) is 13.8 Å². The standard InChI is InChI=1S/C19H31N5O/c1-4-5-10-20-19(22-12-9-18-8-6-14-25-18)21-11-7-13-24-17(3)15-16(2)23-24/h6,8,14-15H,4-5,7,9-13H2,1-3H3,(H2,20,21,22). The largest absolute Gasteiger partial charge is 0.469 e. The topological polar surface area (TPSA) is 67.4 Å². The molecule has 0 bridgehead atoms. The maximum atomic E-state index is 5.36. The van der Waals surface area contributed by atoms with Crippen molar-refractivity contribution in [2.45, 2.75) is 53.0 Å². The Morgan fingerprint density at radius 2 is 2.08 bits per heavy atom. The normalized spacial score (nSPS) is 11.7. The zero-order valence-electron chi connectivity index (χ0n) is 15.7. The van der Waals surface area contributed by atoms with Gasteiger partial charge in [-0.05, 0) is 44.9 Å². The van der Waals surface area contributed by atoms with Gasteiger partial charge in [-0.2, -0.15) is 5.10 Å². The molecule has 2 heterocycles. The van der Waals surface area contributed by atoms with Gasteiger partial charge >= 0.3 is 0 Å². The molecule has 0 fully saturated rings. The van der Waals surface area contributed by atoms with Crippen LogP contribution in [0.15, 0.2) is 33.9 Å². The molecular weight excluding hydrogens is 314 g/mol. The molecule has 2 aromatic rings. The lowest BCUT2D eigenvalue weighted by atomic mass is 10.3. The van der Waals surface area contributed by atoms with E-state index in [0.29, 0.717) is 0 Å². The third-order valence-corrected chi connectivity index (χ3v) is 3.97. The van der Waals surface area contributed by atoms with Crippen LogP contribution in [0.4, 0.5) is 0 Å². The van der Waals surface area contributed by atoms with Crippen LogP contribution in [-0.2, 0) is 13.0 Å². The minimum atomic E-state index is 0.778. The minimum Gasteiger partial charge on any atom is -0.469 e. The van der Waals surface area contributed by atoms with Gasteiger partial charge in [-0.1, -0.05) is 13.3 Å². The second-order valence-corrected chi connectivity index (χ2v) is 6.27. The van der Waals surface area contributed by atoms with Crippen LogP contribution in [0.3, 0.4) is 0 Å². The van der Waals surface area contributed by atoms with E-state index in [0.717, 1.165) is 62.9 Å². The maximum absolute atomic E-state index is 5.36. The van der Waals surface area contributed by atoms with Gasteiger partial charge in [0.2, 0.25) is 0 Å². The number of hydrogen-bond donors (Lipinski definition) is 2. The van der Waals surface area contributed by atoms with Crippen molar-refractivity contribution in [1.29, 1.82) is 0 Å². The van der Waals surface area contributed by atoms with E-state index < -0.39 is 0 Å². The number of furan rings is 1. The third-order valence-electron chi connectivity index (χ3n) is 3.97. The fourth-order valence-electron chi connectivity index (χ4n) is 2.63. The Morgan fingerprint density at radius 1 is 1.24 bits per heavy atom. The van der Waals surface area contributed by atoms with Gasteiger partial charge in [0.1, 0.15) is 5.76 Å². The molecule has 0 aliphatic carbocycles. The lowest BCUT2D eigenvalue weighted by Crippen LogP contribution is -2.39. The van der Waals surface area contributed by atoms with E-state index in [9.17, 15) is 0 Å². The van der Waals surface area contributed by atoms with Gasteiger partial charge in [0, 0.05) is 38.3 Å². The van der Waals surface area contributed by atoms with Gasteiger partial charge < -0.3 is 15.1 Å². The minimum absolute atomic E-state index is 0.778. The molecule has 0 atom stereocenters. The van der Waals surface area contributed by atoms with Crippen LogP contribution in [0.5, 0.6) is 0 Å². The van der Waals surface area contributed by atoms with Crippen LogP contribution in [0.1, 0.15) is 43.3 Å². The SMILES string of the molecule is CCCCNC(=NCCCn1nc(C)cc1C)NCCc1ccco1. The number of aromatic nitrogens is 2. The number of nitrogens with zero attached hydrogens (tertiary/aromatic N) is 3. The molecule has 6 nitrogen and oxygen atoms in total. The predicted molar refractivity (Wildman–Crippen MR) is 102 cm³/mol. The Labute approximate surface area is 150 Å². The molecule has 6 heteroatoms. The van der Waals surface area contributed by atoms with Gasteiger partial charge in [0.05, 0.1) is 12.0 Å². The Hall–Kier alpha value is -2.24. The highest BCUT2D eigenvalue weighted by molar-refractivity contribution is 5.79. The summed E-state index contributed by atoms with van der Waals surface area (Å²) >= 11 is 0. The molecule has 25 heavy (non-hydrogen) atoms. The average molecular weight is 345 g/mol. The lowest BCUT2D eigenvalue weighted by molar-refractivity contribution is 0.506. The molecule has 0 saturated heterocycles. The van der Waals surface area contributed by atoms with Gasteiger partial charge in [-0.3, -0.25) is 9.67 Å². The molecule has 0 spiro atoms. The number of aliphatic imine (C=N–C) groups is 1. The highest BCUT2D eigenvalue weighted by atomic mass is 16.3. The monoisotopic (exact) mass is 345 g/mol. The summed E-state index contributed by atoms with van der Waals surface area (Å²) in [6.45, 7) is 9.75. The molecular formula is C19H31N5O. The van der Waals surface area contributed by atoms with Crippen LogP contribution in [0.25, 0.3) is 0 Å². The lowest BCUT2D eigenvalue weighted by Gasteiger charge is -2.12. The van der Waals surface area contributed by atoms with Gasteiger partial charge in [0.15, 0.2) is 5.96 Å². The predicted octanol–water partition coefficient (Wildman–Crippen LogP) is 3.06. The van der Waals surface area contributed by atoms with Crippen molar-refractivity contribution in [3.8, 4) is 0 Å². The van der Waals surface area contributed by atoms with Crippen LogP contribution >= 0.6 is 0 Å². The first-order chi connectivity index (χ1) is 12.2. The smallest absolute Gasteiger partial charge is 0.191 e. The molecule has 0 unspecified atom stereocenters. The summed E-state index contributed by atoms with van der Waals surface area (Å²) < 4.78 is 7.42. The van der Waals surface area contributed by atoms with Crippen LogP contribution in [-0.4, -0.2) is 35.4 Å². The van der Waals surface area contributed by atoms with Crippen molar-refractivity contribution in [3.05, 3.63) is 41.6 Å². The van der Waals surface area contributed by atoms with Gasteiger partial charge in [0.25, 0.3) is 0 Å². The van der Waals surface area contributed by atoms with Crippen LogP contribution < -0.4 is 10.6 Å². The zero-order chi connectivity index (χ0) is 17.9. The Kier molecular flexibility index (Phi) is 8.09. The summed E-state index contributed by atoms with van der Waals surface area (Å²) in [4.78, 5) is 4.69. The molecule has 2 N–H and O–H groups in total. The Bertz CT molecular complexity index is 630. The summed E-state index contributed by atoms with van der Waals surface area (Å²) in [5, 5.41) is 11.3. The summed E-state index contributed by atoms with van der Waals surface area (Å²) in [5.41, 5.74) is 2.28. The molecule has 2 rings (SSSR count). The number of rotatable bonds is 10. The van der Waals surface area contributed by atoms with Gasteiger partial charge in [-0.25, -0.2) is 0 Å². The number of guanidine groups is 1. The Balaban J connectivity index is 1.76. The first-order valence-corrected chi connectivity index (χ1v) is 9.24. The molecule has 0 amide bonds. The van der Waals surface area contributed by atoms with Crippen molar-refractivity contribution in [2.75, 3.05) is 19.6 Å². The van der Waals surface area contributed by atoms with Crippen molar-refractivity contribution in [1.82, 2.24) is 20.4 Å². The van der Waals surface area contributed by atoms with Crippen molar-refractivity contribution in [2.24, 2.45) is 4.99 Å². The van der Waals surface area contributed by atoms with Gasteiger partial charge in [-0.15, -0.1) is 0 Å².